The van der Waals surface area contributed by atoms with Crippen LogP contribution in [0, 0.1) is 6.92 Å². The van der Waals surface area contributed by atoms with Gasteiger partial charge < -0.3 is 9.67 Å². The molecule has 1 N–H and O–H groups in total. The Morgan fingerprint density at radius 1 is 1.67 bits per heavy atom. The van der Waals surface area contributed by atoms with E-state index in [1.165, 1.54) is 0 Å². The summed E-state index contributed by atoms with van der Waals surface area (Å²) in [5.41, 5.74) is 0.911. The van der Waals surface area contributed by atoms with Crippen molar-refractivity contribution in [1.29, 1.82) is 0 Å². The summed E-state index contributed by atoms with van der Waals surface area (Å²) >= 11 is 0. The van der Waals surface area contributed by atoms with Gasteiger partial charge in [-0.25, -0.2) is 4.98 Å². The third kappa shape index (κ3) is 1.67. The Balaban J connectivity index is 2.80. The first-order chi connectivity index (χ1) is 5.66. The molecule has 0 aliphatic carbocycles. The van der Waals surface area contributed by atoms with E-state index in [0.29, 0.717) is 0 Å². The molecule has 1 unspecified atom stereocenters. The Morgan fingerprint density at radius 2 is 2.33 bits per heavy atom. The van der Waals surface area contributed by atoms with Crippen molar-refractivity contribution in [2.75, 3.05) is 0 Å². The van der Waals surface area contributed by atoms with Crippen LogP contribution in [0.4, 0.5) is 0 Å². The van der Waals surface area contributed by atoms with Crippen molar-refractivity contribution >= 4 is 0 Å². The van der Waals surface area contributed by atoms with Crippen molar-refractivity contribution in [2.24, 2.45) is 7.05 Å². The summed E-state index contributed by atoms with van der Waals surface area (Å²) in [5.74, 6) is 0.945. The first-order valence-corrected chi connectivity index (χ1v) is 4.33. The maximum Gasteiger partial charge on any atom is 0.105 e. The van der Waals surface area contributed by atoms with Gasteiger partial charge in [0, 0.05) is 7.05 Å². The lowest BCUT2D eigenvalue weighted by molar-refractivity contribution is 0.158. The zero-order valence-corrected chi connectivity index (χ0v) is 7.91. The summed E-state index contributed by atoms with van der Waals surface area (Å²) in [6.45, 7) is 3.99. The number of imidazole rings is 1. The van der Waals surface area contributed by atoms with E-state index in [4.69, 9.17) is 0 Å². The molecule has 1 heterocycles. The Hall–Kier alpha value is -0.830. The fourth-order valence-corrected chi connectivity index (χ4v) is 1.25. The van der Waals surface area contributed by atoms with Gasteiger partial charge in [-0.15, -0.1) is 0 Å². The van der Waals surface area contributed by atoms with Gasteiger partial charge in [0.15, 0.2) is 0 Å². The molecule has 68 valence electrons. The Kier molecular flexibility index (Phi) is 2.87. The number of rotatable bonds is 3. The van der Waals surface area contributed by atoms with Crippen molar-refractivity contribution in [2.45, 2.75) is 32.8 Å². The number of hydrogen-bond acceptors (Lipinski definition) is 2. The standard InChI is InChI=1S/C9H16N2O/c1-4-5-9(12)8-6-10-7(2)11(8)3/h6,9,12H,4-5H2,1-3H3. The Morgan fingerprint density at radius 3 is 2.75 bits per heavy atom. The van der Waals surface area contributed by atoms with Gasteiger partial charge in [0.2, 0.25) is 0 Å². The van der Waals surface area contributed by atoms with E-state index in [9.17, 15) is 5.11 Å². The highest BCUT2D eigenvalue weighted by molar-refractivity contribution is 5.06. The molecular weight excluding hydrogens is 152 g/mol. The highest BCUT2D eigenvalue weighted by atomic mass is 16.3. The van der Waals surface area contributed by atoms with Crippen LogP contribution in [-0.4, -0.2) is 14.7 Å². The third-order valence-corrected chi connectivity index (χ3v) is 2.16. The molecule has 1 aromatic heterocycles. The second-order valence-electron chi connectivity index (χ2n) is 3.09. The molecule has 0 fully saturated rings. The van der Waals surface area contributed by atoms with E-state index in [0.717, 1.165) is 24.4 Å². The van der Waals surface area contributed by atoms with Gasteiger partial charge in [0.25, 0.3) is 0 Å². The Labute approximate surface area is 73.1 Å². The molecule has 0 radical (unpaired) electrons. The minimum Gasteiger partial charge on any atom is -0.387 e. The lowest BCUT2D eigenvalue weighted by atomic mass is 10.1. The van der Waals surface area contributed by atoms with Crippen LogP contribution in [0.5, 0.6) is 0 Å². The van der Waals surface area contributed by atoms with E-state index in [-0.39, 0.29) is 6.10 Å². The molecule has 0 aliphatic rings. The number of aliphatic hydroxyl groups excluding tert-OH is 1. The van der Waals surface area contributed by atoms with Crippen LogP contribution >= 0.6 is 0 Å². The van der Waals surface area contributed by atoms with Crippen LogP contribution in [0.3, 0.4) is 0 Å². The van der Waals surface area contributed by atoms with E-state index in [2.05, 4.69) is 11.9 Å². The fourth-order valence-electron chi connectivity index (χ4n) is 1.25. The molecule has 0 amide bonds. The zero-order chi connectivity index (χ0) is 9.14. The van der Waals surface area contributed by atoms with Gasteiger partial charge in [-0.1, -0.05) is 13.3 Å². The van der Waals surface area contributed by atoms with E-state index in [1.54, 1.807) is 6.20 Å². The van der Waals surface area contributed by atoms with Gasteiger partial charge in [0.1, 0.15) is 5.82 Å². The quantitative estimate of drug-likeness (QED) is 0.743. The highest BCUT2D eigenvalue weighted by Gasteiger charge is 2.11. The predicted molar refractivity (Wildman–Crippen MR) is 47.8 cm³/mol. The molecule has 1 rings (SSSR count). The van der Waals surface area contributed by atoms with Crippen molar-refractivity contribution < 1.29 is 5.11 Å². The molecule has 3 nitrogen and oxygen atoms in total. The van der Waals surface area contributed by atoms with Gasteiger partial charge in [0.05, 0.1) is 18.0 Å². The average Bonchev–Trinajstić information content (AvgIpc) is 2.34. The van der Waals surface area contributed by atoms with Gasteiger partial charge in [-0.2, -0.15) is 0 Å². The van der Waals surface area contributed by atoms with Crippen molar-refractivity contribution in [3.63, 3.8) is 0 Å². The lowest BCUT2D eigenvalue weighted by Crippen LogP contribution is -2.04. The number of aliphatic hydroxyl groups is 1. The zero-order valence-electron chi connectivity index (χ0n) is 7.91. The predicted octanol–water partition coefficient (Wildman–Crippen LogP) is 1.56. The van der Waals surface area contributed by atoms with Crippen molar-refractivity contribution in [1.82, 2.24) is 9.55 Å². The maximum atomic E-state index is 9.65. The van der Waals surface area contributed by atoms with Crippen LogP contribution in [0.1, 0.15) is 37.4 Å². The molecule has 0 spiro atoms. The molecular formula is C9H16N2O. The molecule has 12 heavy (non-hydrogen) atoms. The number of aromatic nitrogens is 2. The molecule has 0 saturated carbocycles. The second kappa shape index (κ2) is 3.72. The minimum absolute atomic E-state index is 0.360. The van der Waals surface area contributed by atoms with Crippen LogP contribution in [0.2, 0.25) is 0 Å². The first kappa shape index (κ1) is 9.26. The topological polar surface area (TPSA) is 38.1 Å². The van der Waals surface area contributed by atoms with Crippen LogP contribution < -0.4 is 0 Å². The van der Waals surface area contributed by atoms with E-state index < -0.39 is 0 Å². The number of hydrogen-bond donors (Lipinski definition) is 1. The molecule has 0 aromatic carbocycles. The van der Waals surface area contributed by atoms with E-state index in [1.807, 2.05) is 18.5 Å². The van der Waals surface area contributed by atoms with Crippen molar-refractivity contribution in [3.8, 4) is 0 Å². The molecule has 0 bridgehead atoms. The molecule has 0 aliphatic heterocycles. The van der Waals surface area contributed by atoms with Crippen LogP contribution in [-0.2, 0) is 7.05 Å². The largest absolute Gasteiger partial charge is 0.387 e. The van der Waals surface area contributed by atoms with Crippen molar-refractivity contribution in [3.05, 3.63) is 17.7 Å². The van der Waals surface area contributed by atoms with E-state index >= 15 is 0 Å². The molecule has 0 saturated heterocycles. The maximum absolute atomic E-state index is 9.65. The molecule has 1 aromatic rings. The Bertz CT molecular complexity index is 255. The number of aryl methyl sites for hydroxylation is 1. The minimum atomic E-state index is -0.360. The lowest BCUT2D eigenvalue weighted by Gasteiger charge is -2.09. The summed E-state index contributed by atoms with van der Waals surface area (Å²) < 4.78 is 1.93. The van der Waals surface area contributed by atoms with Gasteiger partial charge in [-0.3, -0.25) is 0 Å². The SMILES string of the molecule is CCCC(O)c1cnc(C)n1C. The summed E-state index contributed by atoms with van der Waals surface area (Å²) in [4.78, 5) is 4.12. The number of nitrogens with zero attached hydrogens (tertiary/aromatic N) is 2. The molecule has 1 atom stereocenters. The van der Waals surface area contributed by atoms with Crippen LogP contribution in [0.25, 0.3) is 0 Å². The average molecular weight is 168 g/mol. The second-order valence-corrected chi connectivity index (χ2v) is 3.09. The van der Waals surface area contributed by atoms with Crippen LogP contribution in [0.15, 0.2) is 6.20 Å². The highest BCUT2D eigenvalue weighted by Crippen LogP contribution is 2.17. The van der Waals surface area contributed by atoms with Gasteiger partial charge >= 0.3 is 0 Å². The smallest absolute Gasteiger partial charge is 0.105 e. The summed E-state index contributed by atoms with van der Waals surface area (Å²) in [5, 5.41) is 9.65. The first-order valence-electron chi connectivity index (χ1n) is 4.33. The summed E-state index contributed by atoms with van der Waals surface area (Å²) in [7, 11) is 1.93. The van der Waals surface area contributed by atoms with Gasteiger partial charge in [-0.05, 0) is 13.3 Å². The third-order valence-electron chi connectivity index (χ3n) is 2.16. The molecule has 3 heteroatoms. The fraction of sp³-hybridized carbons (Fsp3) is 0.667. The summed E-state index contributed by atoms with van der Waals surface area (Å²) in [6, 6.07) is 0. The normalized spacial score (nSPS) is 13.3. The monoisotopic (exact) mass is 168 g/mol. The summed E-state index contributed by atoms with van der Waals surface area (Å²) in [6.07, 6.45) is 3.18.